The summed E-state index contributed by atoms with van der Waals surface area (Å²) in [5.41, 5.74) is 3.00. The molecule has 0 aliphatic carbocycles. The van der Waals surface area contributed by atoms with E-state index in [1.807, 2.05) is 0 Å². The van der Waals surface area contributed by atoms with Gasteiger partial charge >= 0.3 is 0 Å². The summed E-state index contributed by atoms with van der Waals surface area (Å²) >= 11 is 0. The normalized spacial score (nSPS) is 12.2. The molecular weight excluding hydrogens is 479 g/mol. The highest BCUT2D eigenvalue weighted by atomic mass is 35.5. The maximum atomic E-state index is 11.3. The molecule has 3 heteroatoms. The van der Waals surface area contributed by atoms with E-state index in [0.29, 0.717) is 5.75 Å². The van der Waals surface area contributed by atoms with Gasteiger partial charge in [0.1, 0.15) is 28.9 Å². The fraction of sp³-hybridized carbons (Fsp3) is 0.273. The van der Waals surface area contributed by atoms with E-state index in [1.54, 1.807) is 0 Å². The maximum absolute atomic E-state index is 11.3. The third-order valence-electron chi connectivity index (χ3n) is 6.80. The molecule has 0 aliphatic rings. The number of hydrogen-bond acceptors (Lipinski definition) is 1. The van der Waals surface area contributed by atoms with Gasteiger partial charge in [0.15, 0.2) is 0 Å². The summed E-state index contributed by atoms with van der Waals surface area (Å²) in [5, 5.41) is 15.5. The second-order valence-electron chi connectivity index (χ2n) is 11.5. The molecule has 0 aromatic heterocycles. The van der Waals surface area contributed by atoms with Crippen LogP contribution in [-0.2, 0) is 17.0 Å². The van der Waals surface area contributed by atoms with Gasteiger partial charge in [0.05, 0.1) is 6.16 Å². The molecule has 0 radical (unpaired) electrons. The van der Waals surface area contributed by atoms with E-state index in [-0.39, 0.29) is 23.2 Å². The van der Waals surface area contributed by atoms with Crippen molar-refractivity contribution in [3.8, 4) is 5.75 Å². The Labute approximate surface area is 224 Å². The zero-order chi connectivity index (χ0) is 25.3. The molecule has 1 N–H and O–H groups in total. The lowest BCUT2D eigenvalue weighted by atomic mass is 9.78. The summed E-state index contributed by atoms with van der Waals surface area (Å²) in [6, 6.07) is 37.6. The zero-order valence-corrected chi connectivity index (χ0v) is 23.9. The standard InChI is InChI=1S/C33H37OP.ClH/c1-32(2,3)29-22-25(23-30(31(29)34)33(4,5)6)24-35(26-16-10-7-11-17-26,27-18-12-8-13-19-27)28-20-14-9-15-21-28;/h7-23H,24H2,1-6H3;1H. The molecule has 4 rings (SSSR count). The third-order valence-corrected chi connectivity index (χ3v) is 11.2. The van der Waals surface area contributed by atoms with Crippen LogP contribution >= 0.6 is 7.26 Å². The molecule has 36 heavy (non-hydrogen) atoms. The van der Waals surface area contributed by atoms with Gasteiger partial charge in [-0.25, -0.2) is 0 Å². The first-order valence-corrected chi connectivity index (χ1v) is 14.4. The van der Waals surface area contributed by atoms with Crippen molar-refractivity contribution < 1.29 is 17.5 Å². The first-order valence-electron chi connectivity index (χ1n) is 12.5. The molecule has 4 aromatic rings. The van der Waals surface area contributed by atoms with Crippen molar-refractivity contribution in [1.29, 1.82) is 0 Å². The van der Waals surface area contributed by atoms with Gasteiger partial charge < -0.3 is 17.5 Å². The smallest absolute Gasteiger partial charge is 0.123 e. The van der Waals surface area contributed by atoms with E-state index < -0.39 is 7.26 Å². The Morgan fingerprint density at radius 3 is 1.14 bits per heavy atom. The maximum Gasteiger partial charge on any atom is 0.123 e. The quantitative estimate of drug-likeness (QED) is 0.388. The molecule has 0 fully saturated rings. The molecule has 0 heterocycles. The average Bonchev–Trinajstić information content (AvgIpc) is 2.83. The summed E-state index contributed by atoms with van der Waals surface area (Å²) < 4.78 is 0. The Kier molecular flexibility index (Phi) is 8.39. The number of hydrogen-bond donors (Lipinski definition) is 1. The fourth-order valence-corrected chi connectivity index (χ4v) is 9.19. The van der Waals surface area contributed by atoms with Gasteiger partial charge in [0.25, 0.3) is 0 Å². The van der Waals surface area contributed by atoms with E-state index in [9.17, 15) is 5.11 Å². The monoisotopic (exact) mass is 516 g/mol. The molecule has 188 valence electrons. The second-order valence-corrected chi connectivity index (χ2v) is 15.0. The van der Waals surface area contributed by atoms with Crippen LogP contribution in [0.1, 0.15) is 58.2 Å². The molecule has 0 spiro atoms. The van der Waals surface area contributed by atoms with Crippen molar-refractivity contribution in [2.45, 2.75) is 58.5 Å². The molecule has 0 unspecified atom stereocenters. The van der Waals surface area contributed by atoms with Crippen molar-refractivity contribution in [3.05, 3.63) is 120 Å². The van der Waals surface area contributed by atoms with Gasteiger partial charge in [0, 0.05) is 0 Å². The molecule has 4 aromatic carbocycles. The van der Waals surface area contributed by atoms with Gasteiger partial charge in [-0.3, -0.25) is 0 Å². The molecule has 0 amide bonds. The first-order chi connectivity index (χ1) is 16.5. The van der Waals surface area contributed by atoms with Gasteiger partial charge in [-0.15, -0.1) is 0 Å². The molecule has 0 aliphatic heterocycles. The van der Waals surface area contributed by atoms with Gasteiger partial charge in [-0.2, -0.15) is 0 Å². The lowest BCUT2D eigenvalue weighted by Gasteiger charge is -2.31. The number of phenols is 1. The van der Waals surface area contributed by atoms with E-state index in [2.05, 4.69) is 145 Å². The minimum atomic E-state index is -2.02. The minimum absolute atomic E-state index is 0. The van der Waals surface area contributed by atoms with Crippen molar-refractivity contribution in [3.63, 3.8) is 0 Å². The molecule has 0 atom stereocenters. The van der Waals surface area contributed by atoms with E-state index >= 15 is 0 Å². The van der Waals surface area contributed by atoms with Crippen LogP contribution in [0.25, 0.3) is 0 Å². The number of phenolic OH excluding ortho intramolecular Hbond substituents is 1. The largest absolute Gasteiger partial charge is 1.00 e. The molecule has 0 saturated carbocycles. The zero-order valence-electron chi connectivity index (χ0n) is 22.3. The highest BCUT2D eigenvalue weighted by Crippen LogP contribution is 2.58. The fourth-order valence-electron chi connectivity index (χ4n) is 4.97. The number of rotatable bonds is 5. The molecule has 0 bridgehead atoms. The Hall–Kier alpha value is -2.60. The average molecular weight is 517 g/mol. The van der Waals surface area contributed by atoms with Gasteiger partial charge in [0.2, 0.25) is 0 Å². The Morgan fingerprint density at radius 2 is 0.861 bits per heavy atom. The van der Waals surface area contributed by atoms with E-state index in [4.69, 9.17) is 0 Å². The van der Waals surface area contributed by atoms with Crippen molar-refractivity contribution in [2.24, 2.45) is 0 Å². The lowest BCUT2D eigenvalue weighted by molar-refractivity contribution is -0.00000908. The van der Waals surface area contributed by atoms with Crippen LogP contribution in [0.3, 0.4) is 0 Å². The van der Waals surface area contributed by atoms with Crippen LogP contribution in [0.5, 0.6) is 5.75 Å². The van der Waals surface area contributed by atoms with Crippen molar-refractivity contribution >= 4 is 23.2 Å². The van der Waals surface area contributed by atoms with Crippen LogP contribution in [-0.4, -0.2) is 5.11 Å². The molecule has 0 saturated heterocycles. The molecule has 1 nitrogen and oxygen atoms in total. The van der Waals surface area contributed by atoms with E-state index in [0.717, 1.165) is 17.3 Å². The number of aromatic hydroxyl groups is 1. The second kappa shape index (κ2) is 10.8. The SMILES string of the molecule is CC(C)(C)c1cc(C[P+](c2ccccc2)(c2ccccc2)c2ccccc2)cc(C(C)(C)C)c1O.[Cl-]. The topological polar surface area (TPSA) is 20.2 Å². The van der Waals surface area contributed by atoms with Crippen molar-refractivity contribution in [2.75, 3.05) is 0 Å². The van der Waals surface area contributed by atoms with Gasteiger partial charge in [-0.1, -0.05) is 96.1 Å². The molecular formula is C33H38ClOP. The van der Waals surface area contributed by atoms with Gasteiger partial charge in [-0.05, 0) is 76.1 Å². The van der Waals surface area contributed by atoms with Crippen molar-refractivity contribution in [1.82, 2.24) is 0 Å². The van der Waals surface area contributed by atoms with Crippen LogP contribution in [0.2, 0.25) is 0 Å². The number of benzene rings is 4. The highest BCUT2D eigenvalue weighted by molar-refractivity contribution is 7.95. The Morgan fingerprint density at radius 1 is 0.556 bits per heavy atom. The van der Waals surface area contributed by atoms with E-state index in [1.165, 1.54) is 21.5 Å². The Bertz CT molecular complexity index is 1140. The number of halogens is 1. The summed E-state index contributed by atoms with van der Waals surface area (Å²) in [6.07, 6.45) is 0.900. The predicted molar refractivity (Wildman–Crippen MR) is 154 cm³/mol. The van der Waals surface area contributed by atoms with Crippen LogP contribution < -0.4 is 28.3 Å². The summed E-state index contributed by atoms with van der Waals surface area (Å²) in [5.74, 6) is 0.441. The van der Waals surface area contributed by atoms with Crippen LogP contribution in [0.4, 0.5) is 0 Å². The highest BCUT2D eigenvalue weighted by Gasteiger charge is 2.45. The summed E-state index contributed by atoms with van der Waals surface area (Å²) in [4.78, 5) is 0. The lowest BCUT2D eigenvalue weighted by Crippen LogP contribution is -3.00. The predicted octanol–water partition coefficient (Wildman–Crippen LogP) is 4.49. The first kappa shape index (κ1) is 28.0. The third kappa shape index (κ3) is 5.54. The van der Waals surface area contributed by atoms with Crippen LogP contribution in [0.15, 0.2) is 103 Å². The minimum Gasteiger partial charge on any atom is -1.00 e. The summed E-state index contributed by atoms with van der Waals surface area (Å²) in [6.45, 7) is 13.1. The van der Waals surface area contributed by atoms with Crippen LogP contribution in [0, 0.1) is 0 Å². The summed E-state index contributed by atoms with van der Waals surface area (Å²) in [7, 11) is -2.02. The Balaban J connectivity index is 0.00000361.